The molecular weight excluding hydrogens is 360 g/mol. The Kier molecular flexibility index (Phi) is 4.87. The lowest BCUT2D eigenvalue weighted by molar-refractivity contribution is -0.0976. The summed E-state index contributed by atoms with van der Waals surface area (Å²) in [6.07, 6.45) is 2.48. The minimum atomic E-state index is -5.06. The van der Waals surface area contributed by atoms with Crippen LogP contribution in [0.5, 0.6) is 0 Å². The van der Waals surface area contributed by atoms with Crippen LogP contribution in [0.1, 0.15) is 54.9 Å². The molecule has 25 heavy (non-hydrogen) atoms. The van der Waals surface area contributed by atoms with E-state index in [4.69, 9.17) is 0 Å². The molecule has 0 spiro atoms. The van der Waals surface area contributed by atoms with Crippen molar-refractivity contribution in [1.82, 2.24) is 0 Å². The molecule has 140 valence electrons. The Labute approximate surface area is 144 Å². The Bertz CT molecular complexity index is 755. The topological polar surface area (TPSA) is 54.4 Å². The van der Waals surface area contributed by atoms with E-state index >= 15 is 0 Å². The maximum absolute atomic E-state index is 14.0. The van der Waals surface area contributed by atoms with Gasteiger partial charge in [-0.05, 0) is 29.5 Å². The number of aliphatic hydroxyl groups excluding tert-OH is 1. The molecule has 8 heteroatoms. The van der Waals surface area contributed by atoms with Crippen LogP contribution >= 0.6 is 0 Å². The van der Waals surface area contributed by atoms with Gasteiger partial charge in [0.1, 0.15) is 6.10 Å². The van der Waals surface area contributed by atoms with Crippen LogP contribution in [0.3, 0.4) is 0 Å². The summed E-state index contributed by atoms with van der Waals surface area (Å²) in [7, 11) is -5.06. The van der Waals surface area contributed by atoms with Crippen LogP contribution < -0.4 is 0 Å². The van der Waals surface area contributed by atoms with Crippen LogP contribution in [0.15, 0.2) is 17.0 Å². The number of hydrogen-bond acceptors (Lipinski definition) is 3. The summed E-state index contributed by atoms with van der Waals surface area (Å²) in [5.41, 5.74) is 0.00903. The lowest BCUT2D eigenvalue weighted by atomic mass is 9.83. The van der Waals surface area contributed by atoms with Gasteiger partial charge >= 0.3 is 5.76 Å². The Hall–Kier alpha value is -1.15. The van der Waals surface area contributed by atoms with Gasteiger partial charge in [-0.25, -0.2) is 17.2 Å². The summed E-state index contributed by atoms with van der Waals surface area (Å²) in [6, 6.07) is 2.31. The van der Waals surface area contributed by atoms with E-state index in [0.29, 0.717) is 17.9 Å². The average Bonchev–Trinajstić information content (AvgIpc) is 2.79. The van der Waals surface area contributed by atoms with Gasteiger partial charge in [0, 0.05) is 12.0 Å². The molecule has 0 saturated heterocycles. The Morgan fingerprint density at radius 2 is 1.80 bits per heavy atom. The number of aliphatic hydroxyl groups is 1. The van der Waals surface area contributed by atoms with E-state index in [0.717, 1.165) is 38.2 Å². The van der Waals surface area contributed by atoms with E-state index in [9.17, 15) is 31.1 Å². The molecular formula is C17H20F4O3S. The zero-order valence-electron chi connectivity index (χ0n) is 13.5. The Balaban J connectivity index is 2.07. The maximum atomic E-state index is 14.0. The largest absolute Gasteiger partial charge is 0.382 e. The van der Waals surface area contributed by atoms with Crippen LogP contribution in [-0.4, -0.2) is 25.2 Å². The van der Waals surface area contributed by atoms with Crippen molar-refractivity contribution in [2.45, 2.75) is 67.6 Å². The molecule has 1 saturated carbocycles. The molecule has 0 radical (unpaired) electrons. The van der Waals surface area contributed by atoms with Crippen molar-refractivity contribution in [3.63, 3.8) is 0 Å². The van der Waals surface area contributed by atoms with Crippen molar-refractivity contribution in [3.05, 3.63) is 28.8 Å². The first-order chi connectivity index (χ1) is 11.6. The molecule has 1 atom stereocenters. The van der Waals surface area contributed by atoms with E-state index < -0.39 is 44.5 Å². The van der Waals surface area contributed by atoms with Gasteiger partial charge in [0.05, 0.1) is 4.90 Å². The van der Waals surface area contributed by atoms with E-state index in [1.54, 1.807) is 0 Å². The summed E-state index contributed by atoms with van der Waals surface area (Å²) < 4.78 is 77.5. The number of rotatable bonds is 4. The molecule has 1 aromatic rings. The third-order valence-corrected chi connectivity index (χ3v) is 6.71. The molecule has 1 fully saturated rings. The van der Waals surface area contributed by atoms with Crippen molar-refractivity contribution in [2.24, 2.45) is 5.92 Å². The van der Waals surface area contributed by atoms with Gasteiger partial charge in [-0.3, -0.25) is 0 Å². The summed E-state index contributed by atoms with van der Waals surface area (Å²) in [5.74, 6) is -6.97. The fourth-order valence-electron chi connectivity index (χ4n) is 3.98. The molecule has 0 aromatic heterocycles. The first kappa shape index (κ1) is 18.6. The SMILES string of the molecule is O=S(=O)(c1ccc(CC2CCCCC2)c2c1C(O)C(F)(F)C2)C(F)F. The van der Waals surface area contributed by atoms with Gasteiger partial charge < -0.3 is 5.11 Å². The molecule has 1 unspecified atom stereocenters. The highest BCUT2D eigenvalue weighted by Gasteiger charge is 2.50. The molecule has 0 bridgehead atoms. The van der Waals surface area contributed by atoms with Gasteiger partial charge in [-0.15, -0.1) is 0 Å². The lowest BCUT2D eigenvalue weighted by Crippen LogP contribution is -2.23. The van der Waals surface area contributed by atoms with Crippen LogP contribution in [0.25, 0.3) is 0 Å². The van der Waals surface area contributed by atoms with Gasteiger partial charge in [0.25, 0.3) is 5.92 Å². The monoisotopic (exact) mass is 380 g/mol. The second-order valence-electron chi connectivity index (χ2n) is 6.97. The highest BCUT2D eigenvalue weighted by molar-refractivity contribution is 7.91. The second-order valence-corrected chi connectivity index (χ2v) is 8.86. The van der Waals surface area contributed by atoms with E-state index in [-0.39, 0.29) is 5.56 Å². The van der Waals surface area contributed by atoms with Crippen LogP contribution in [-0.2, 0) is 22.7 Å². The fourth-order valence-corrected chi connectivity index (χ4v) is 4.97. The molecule has 0 aliphatic heterocycles. The van der Waals surface area contributed by atoms with Gasteiger partial charge in [0.15, 0.2) is 0 Å². The number of alkyl halides is 4. The lowest BCUT2D eigenvalue weighted by Gasteiger charge is -2.23. The Morgan fingerprint density at radius 3 is 2.40 bits per heavy atom. The standard InChI is InChI=1S/C17H20F4O3S/c18-16(19)25(23,24)13-7-6-11(8-10-4-2-1-3-5-10)12-9-17(20,21)15(22)14(12)13/h6-7,10,15-16,22H,1-5,8-9H2. The highest BCUT2D eigenvalue weighted by Crippen LogP contribution is 2.48. The second kappa shape index (κ2) is 6.54. The smallest absolute Gasteiger partial charge is 0.341 e. The van der Waals surface area contributed by atoms with Gasteiger partial charge in [0.2, 0.25) is 9.84 Å². The van der Waals surface area contributed by atoms with Crippen molar-refractivity contribution in [2.75, 3.05) is 0 Å². The van der Waals surface area contributed by atoms with Gasteiger partial charge in [-0.2, -0.15) is 8.78 Å². The first-order valence-electron chi connectivity index (χ1n) is 8.37. The van der Waals surface area contributed by atoms with Crippen LogP contribution in [0, 0.1) is 5.92 Å². The third kappa shape index (κ3) is 3.30. The average molecular weight is 380 g/mol. The normalized spacial score (nSPS) is 23.8. The molecule has 2 aliphatic rings. The number of hydrogen-bond donors (Lipinski definition) is 1. The fraction of sp³-hybridized carbons (Fsp3) is 0.647. The van der Waals surface area contributed by atoms with Crippen LogP contribution in [0.2, 0.25) is 0 Å². The number of sulfone groups is 1. The van der Waals surface area contributed by atoms with Crippen molar-refractivity contribution in [3.8, 4) is 0 Å². The van der Waals surface area contributed by atoms with E-state index in [2.05, 4.69) is 0 Å². The summed E-state index contributed by atoms with van der Waals surface area (Å²) in [5, 5.41) is 9.91. The quantitative estimate of drug-likeness (QED) is 0.803. The minimum absolute atomic E-state index is 0.0183. The zero-order valence-corrected chi connectivity index (χ0v) is 14.3. The molecule has 0 amide bonds. The predicted octanol–water partition coefficient (Wildman–Crippen LogP) is 4.03. The number of benzene rings is 1. The number of halogens is 4. The van der Waals surface area contributed by atoms with Crippen molar-refractivity contribution >= 4 is 9.84 Å². The summed E-state index contributed by atoms with van der Waals surface area (Å²) in [6.45, 7) is 0. The van der Waals surface area contributed by atoms with E-state index in [1.807, 2.05) is 0 Å². The van der Waals surface area contributed by atoms with E-state index in [1.165, 1.54) is 6.07 Å². The third-order valence-electron chi connectivity index (χ3n) is 5.27. The molecule has 1 N–H and O–H groups in total. The Morgan fingerprint density at radius 1 is 1.16 bits per heavy atom. The van der Waals surface area contributed by atoms with Gasteiger partial charge in [-0.1, -0.05) is 38.2 Å². The summed E-state index contributed by atoms with van der Waals surface area (Å²) in [4.78, 5) is -0.880. The predicted molar refractivity (Wildman–Crippen MR) is 83.5 cm³/mol. The maximum Gasteiger partial charge on any atom is 0.341 e. The van der Waals surface area contributed by atoms with Crippen LogP contribution in [0.4, 0.5) is 17.6 Å². The minimum Gasteiger partial charge on any atom is -0.382 e. The molecule has 1 aromatic carbocycles. The highest BCUT2D eigenvalue weighted by atomic mass is 32.2. The molecule has 2 aliphatic carbocycles. The van der Waals surface area contributed by atoms with Crippen molar-refractivity contribution < 1.29 is 31.1 Å². The molecule has 0 heterocycles. The zero-order chi connectivity index (χ0) is 18.4. The molecule has 3 rings (SSSR count). The molecule has 3 nitrogen and oxygen atoms in total. The number of fused-ring (bicyclic) bond motifs is 1. The first-order valence-corrected chi connectivity index (χ1v) is 9.92. The van der Waals surface area contributed by atoms with Crippen molar-refractivity contribution in [1.29, 1.82) is 0 Å². The summed E-state index contributed by atoms with van der Waals surface area (Å²) >= 11 is 0.